The second-order valence-electron chi connectivity index (χ2n) is 8.31. The Kier molecular flexibility index (Phi) is 7.15. The van der Waals surface area contributed by atoms with Gasteiger partial charge in [0, 0.05) is 25.8 Å². The van der Waals surface area contributed by atoms with Crippen molar-refractivity contribution in [3.8, 4) is 0 Å². The number of hydrogen-bond acceptors (Lipinski definition) is 4. The molecule has 3 aromatic heterocycles. The minimum Gasteiger partial charge on any atom is -0.333 e. The summed E-state index contributed by atoms with van der Waals surface area (Å²) in [5, 5.41) is 0.0470. The van der Waals surface area contributed by atoms with Gasteiger partial charge in [0.1, 0.15) is 0 Å². The number of H-pyrrole nitrogens is 1. The quantitative estimate of drug-likeness (QED) is 0.342. The fourth-order valence-electron chi connectivity index (χ4n) is 3.95. The summed E-state index contributed by atoms with van der Waals surface area (Å²) < 4.78 is 43.2. The van der Waals surface area contributed by atoms with Crippen LogP contribution >= 0.6 is 11.6 Å². The maximum atomic E-state index is 13.0. The van der Waals surface area contributed by atoms with Gasteiger partial charge >= 0.3 is 11.9 Å². The molecule has 0 unspecified atom stereocenters. The van der Waals surface area contributed by atoms with Crippen LogP contribution in [0.1, 0.15) is 43.0 Å². The fourth-order valence-corrected chi connectivity index (χ4v) is 4.13. The smallest absolute Gasteiger partial charge is 0.333 e. The van der Waals surface area contributed by atoms with Crippen molar-refractivity contribution in [3.63, 3.8) is 0 Å². The fraction of sp³-hybridized carbons (Fsp3) is 0.391. The topological polar surface area (TPSA) is 90.5 Å². The van der Waals surface area contributed by atoms with Gasteiger partial charge in [0.15, 0.2) is 11.2 Å². The second-order valence-corrected chi connectivity index (χ2v) is 8.67. The van der Waals surface area contributed by atoms with Crippen molar-refractivity contribution >= 4 is 22.8 Å². The zero-order valence-corrected chi connectivity index (χ0v) is 19.7. The number of nitrogens with zero attached hydrogens (tertiary/aromatic N) is 5. The van der Waals surface area contributed by atoms with Crippen molar-refractivity contribution in [2.45, 2.75) is 58.4 Å². The van der Waals surface area contributed by atoms with Gasteiger partial charge in [-0.2, -0.15) is 18.2 Å². The first-order valence-corrected chi connectivity index (χ1v) is 11.6. The molecule has 0 amide bonds. The van der Waals surface area contributed by atoms with Crippen molar-refractivity contribution in [3.05, 3.63) is 79.7 Å². The molecule has 3 heterocycles. The van der Waals surface area contributed by atoms with Crippen LogP contribution in [0.4, 0.5) is 13.2 Å². The molecular weight excluding hydrogens is 485 g/mol. The van der Waals surface area contributed by atoms with Gasteiger partial charge in [0.05, 0.1) is 17.6 Å². The van der Waals surface area contributed by atoms with Crippen LogP contribution in [0.3, 0.4) is 0 Å². The van der Waals surface area contributed by atoms with Gasteiger partial charge < -0.3 is 9.55 Å². The second kappa shape index (κ2) is 10.1. The lowest BCUT2D eigenvalue weighted by atomic mass is 10.1. The number of rotatable bonds is 9. The number of hydrogen-bond donors (Lipinski definition) is 1. The van der Waals surface area contributed by atoms with E-state index in [0.717, 1.165) is 25.0 Å². The summed E-state index contributed by atoms with van der Waals surface area (Å²) in [5.41, 5.74) is 0.0536. The Morgan fingerprint density at radius 3 is 2.63 bits per heavy atom. The Morgan fingerprint density at radius 2 is 1.89 bits per heavy atom. The molecule has 0 aliphatic rings. The molecule has 4 rings (SSSR count). The number of halogens is 4. The minimum absolute atomic E-state index is 0.0470. The molecule has 0 aliphatic carbocycles. The van der Waals surface area contributed by atoms with Crippen LogP contribution in [-0.2, 0) is 32.2 Å². The van der Waals surface area contributed by atoms with Crippen LogP contribution in [0.5, 0.6) is 0 Å². The molecule has 35 heavy (non-hydrogen) atoms. The molecule has 0 atom stereocenters. The lowest BCUT2D eigenvalue weighted by Crippen LogP contribution is -2.40. The molecule has 4 aromatic rings. The van der Waals surface area contributed by atoms with E-state index >= 15 is 0 Å². The summed E-state index contributed by atoms with van der Waals surface area (Å²) in [5.74, 6) is 0. The first kappa shape index (κ1) is 24.8. The summed E-state index contributed by atoms with van der Waals surface area (Å²) in [6.45, 7) is 2.85. The summed E-state index contributed by atoms with van der Waals surface area (Å²) in [6.07, 6.45) is 1.48. The average Bonchev–Trinajstić information content (AvgIpc) is 3.42. The first-order chi connectivity index (χ1) is 16.7. The molecule has 0 saturated carbocycles. The van der Waals surface area contributed by atoms with E-state index in [0.29, 0.717) is 30.6 Å². The molecule has 0 radical (unpaired) electrons. The van der Waals surface area contributed by atoms with E-state index in [-0.39, 0.29) is 29.5 Å². The Hall–Kier alpha value is -3.34. The summed E-state index contributed by atoms with van der Waals surface area (Å²) in [6, 6.07) is 5.16. The molecule has 0 saturated heterocycles. The van der Waals surface area contributed by atoms with E-state index in [4.69, 9.17) is 11.6 Å². The first-order valence-electron chi connectivity index (χ1n) is 11.2. The maximum Gasteiger partial charge on any atom is 0.416 e. The monoisotopic (exact) mass is 508 g/mol. The van der Waals surface area contributed by atoms with Crippen LogP contribution in [0.2, 0.25) is 5.28 Å². The van der Waals surface area contributed by atoms with Crippen LogP contribution in [-0.4, -0.2) is 28.7 Å². The van der Waals surface area contributed by atoms with Crippen LogP contribution in [0.25, 0.3) is 11.2 Å². The van der Waals surface area contributed by atoms with Gasteiger partial charge in [-0.05, 0) is 48.6 Å². The number of unbranched alkanes of at least 4 members (excludes halogenated alkanes) is 1. The molecule has 0 aliphatic heterocycles. The highest BCUT2D eigenvalue weighted by atomic mass is 35.5. The van der Waals surface area contributed by atoms with E-state index < -0.39 is 23.0 Å². The molecule has 12 heteroatoms. The zero-order chi connectivity index (χ0) is 25.2. The van der Waals surface area contributed by atoms with Gasteiger partial charge in [0.2, 0.25) is 5.28 Å². The van der Waals surface area contributed by atoms with Gasteiger partial charge in [-0.25, -0.2) is 9.78 Å². The van der Waals surface area contributed by atoms with Gasteiger partial charge in [-0.1, -0.05) is 25.5 Å². The molecule has 0 fully saturated rings. The van der Waals surface area contributed by atoms with Crippen molar-refractivity contribution in [1.29, 1.82) is 0 Å². The van der Waals surface area contributed by atoms with Crippen LogP contribution < -0.4 is 11.2 Å². The van der Waals surface area contributed by atoms with E-state index in [1.165, 1.54) is 15.2 Å². The summed E-state index contributed by atoms with van der Waals surface area (Å²) >= 11 is 5.94. The number of alkyl halides is 3. The molecule has 0 bridgehead atoms. The number of aryl methyl sites for hydroxylation is 2. The molecule has 1 N–H and O–H groups in total. The predicted molar refractivity (Wildman–Crippen MR) is 126 cm³/mol. The number of fused-ring (bicyclic) bond motifs is 1. The third-order valence-electron chi connectivity index (χ3n) is 5.69. The van der Waals surface area contributed by atoms with Gasteiger partial charge in [-0.3, -0.25) is 13.9 Å². The molecule has 0 spiro atoms. The highest BCUT2D eigenvalue weighted by Gasteiger charge is 2.30. The Balaban J connectivity index is 1.46. The highest BCUT2D eigenvalue weighted by Crippen LogP contribution is 2.29. The van der Waals surface area contributed by atoms with Crippen molar-refractivity contribution < 1.29 is 13.2 Å². The molecular formula is C23H24ClF3N6O2. The number of nitrogens with one attached hydrogen (secondary N) is 1. The van der Waals surface area contributed by atoms with Crippen molar-refractivity contribution in [1.82, 2.24) is 28.7 Å². The van der Waals surface area contributed by atoms with E-state index in [9.17, 15) is 22.8 Å². The molecule has 186 valence electrons. The Bertz CT molecular complexity index is 1450. The Labute approximate surface area is 203 Å². The van der Waals surface area contributed by atoms with Crippen molar-refractivity contribution in [2.75, 3.05) is 0 Å². The molecule has 1 aromatic carbocycles. The summed E-state index contributed by atoms with van der Waals surface area (Å²) in [4.78, 5) is 37.0. The summed E-state index contributed by atoms with van der Waals surface area (Å²) in [7, 11) is 0. The maximum absolute atomic E-state index is 13.0. The third-order valence-corrected chi connectivity index (χ3v) is 5.87. The van der Waals surface area contributed by atoms with Crippen LogP contribution in [0.15, 0.2) is 46.4 Å². The standard InChI is InChI=1S/C23H24ClF3N6O2/c1-2-3-9-32-19-18(29-21(24)30-19)20(34)33(22(32)35)10-5-8-17-13-31(14-28-17)12-15-6-4-7-16(11-15)23(25,26)27/h4,6-7,11,13-14H,2-3,5,8-10,12H2,1H3,(H,29,30). The largest absolute Gasteiger partial charge is 0.416 e. The highest BCUT2D eigenvalue weighted by molar-refractivity contribution is 6.28. The predicted octanol–water partition coefficient (Wildman–Crippen LogP) is 4.24. The van der Waals surface area contributed by atoms with E-state index in [1.54, 1.807) is 23.2 Å². The number of imidazole rings is 2. The number of benzene rings is 1. The minimum atomic E-state index is -4.40. The average molecular weight is 509 g/mol. The lowest BCUT2D eigenvalue weighted by molar-refractivity contribution is -0.137. The van der Waals surface area contributed by atoms with Gasteiger partial charge in [-0.15, -0.1) is 0 Å². The van der Waals surface area contributed by atoms with Crippen molar-refractivity contribution in [2.24, 2.45) is 0 Å². The SMILES string of the molecule is CCCCn1c(=O)n(CCCc2cn(Cc3cccc(C(F)(F)F)c3)cn2)c(=O)c2[nH]c(Cl)nc21. The normalized spacial score (nSPS) is 12.0. The zero-order valence-electron chi connectivity index (χ0n) is 19.0. The van der Waals surface area contributed by atoms with Crippen LogP contribution in [0, 0.1) is 0 Å². The molecule has 8 nitrogen and oxygen atoms in total. The third kappa shape index (κ3) is 5.50. The number of aromatic nitrogens is 6. The number of aromatic amines is 1. The lowest BCUT2D eigenvalue weighted by Gasteiger charge is -2.10. The van der Waals surface area contributed by atoms with E-state index in [1.807, 2.05) is 6.92 Å². The van der Waals surface area contributed by atoms with E-state index in [2.05, 4.69) is 15.0 Å². The van der Waals surface area contributed by atoms with Gasteiger partial charge in [0.25, 0.3) is 5.56 Å². The Morgan fingerprint density at radius 1 is 1.11 bits per heavy atom.